The SMILES string of the molecule is Cc1cccc(NC(=O)C2CCCN(Cc3ccccc3Cl)C2)c1C. The van der Waals surface area contributed by atoms with Gasteiger partial charge in [-0.15, -0.1) is 0 Å². The lowest BCUT2D eigenvalue weighted by Gasteiger charge is -2.32. The lowest BCUT2D eigenvalue weighted by Crippen LogP contribution is -2.40. The minimum atomic E-state index is 0.0242. The number of nitrogens with zero attached hydrogens (tertiary/aromatic N) is 1. The molecule has 1 fully saturated rings. The van der Waals surface area contributed by atoms with Crippen molar-refractivity contribution in [3.05, 3.63) is 64.2 Å². The van der Waals surface area contributed by atoms with Crippen molar-refractivity contribution in [2.45, 2.75) is 33.2 Å². The fourth-order valence-corrected chi connectivity index (χ4v) is 3.60. The summed E-state index contributed by atoms with van der Waals surface area (Å²) in [5.74, 6) is 0.147. The predicted molar refractivity (Wildman–Crippen MR) is 104 cm³/mol. The molecule has 1 amide bonds. The lowest BCUT2D eigenvalue weighted by atomic mass is 9.96. The largest absolute Gasteiger partial charge is 0.326 e. The predicted octanol–water partition coefficient (Wildman–Crippen LogP) is 4.81. The van der Waals surface area contributed by atoms with E-state index < -0.39 is 0 Å². The Labute approximate surface area is 155 Å². The third-order valence-electron chi connectivity index (χ3n) is 5.09. The molecule has 3 rings (SSSR count). The van der Waals surface area contributed by atoms with Crippen LogP contribution in [0, 0.1) is 19.8 Å². The zero-order valence-corrected chi connectivity index (χ0v) is 15.6. The van der Waals surface area contributed by atoms with E-state index in [2.05, 4.69) is 36.2 Å². The molecule has 0 spiro atoms. The first-order chi connectivity index (χ1) is 12.0. The van der Waals surface area contributed by atoms with Gasteiger partial charge in [-0.25, -0.2) is 0 Å². The van der Waals surface area contributed by atoms with Crippen LogP contribution in [0.1, 0.15) is 29.5 Å². The summed E-state index contributed by atoms with van der Waals surface area (Å²) in [5.41, 5.74) is 4.38. The molecule has 0 saturated carbocycles. The van der Waals surface area contributed by atoms with Gasteiger partial charge in [0.05, 0.1) is 5.92 Å². The number of aryl methyl sites for hydroxylation is 1. The van der Waals surface area contributed by atoms with Crippen molar-refractivity contribution in [2.24, 2.45) is 5.92 Å². The van der Waals surface area contributed by atoms with Gasteiger partial charge in [0, 0.05) is 23.8 Å². The standard InChI is InChI=1S/C21H25ClN2O/c1-15-7-5-11-20(16(15)2)23-21(25)18-9-6-12-24(14-18)13-17-8-3-4-10-19(17)22/h3-5,7-8,10-11,18H,6,9,12-14H2,1-2H3,(H,23,25). The molecule has 1 heterocycles. The highest BCUT2D eigenvalue weighted by atomic mass is 35.5. The first-order valence-corrected chi connectivity index (χ1v) is 9.25. The molecular weight excluding hydrogens is 332 g/mol. The van der Waals surface area contributed by atoms with Gasteiger partial charge in [-0.05, 0) is 62.1 Å². The van der Waals surface area contributed by atoms with Crippen LogP contribution in [0.5, 0.6) is 0 Å². The first kappa shape index (κ1) is 18.0. The molecule has 0 bridgehead atoms. The summed E-state index contributed by atoms with van der Waals surface area (Å²) >= 11 is 6.28. The summed E-state index contributed by atoms with van der Waals surface area (Å²) < 4.78 is 0. The zero-order chi connectivity index (χ0) is 17.8. The molecule has 0 radical (unpaired) electrons. The molecule has 2 aromatic rings. The average molecular weight is 357 g/mol. The van der Waals surface area contributed by atoms with Crippen molar-refractivity contribution in [3.8, 4) is 0 Å². The molecule has 132 valence electrons. The van der Waals surface area contributed by atoms with Crippen LogP contribution in [0.4, 0.5) is 5.69 Å². The van der Waals surface area contributed by atoms with Gasteiger partial charge in [-0.1, -0.05) is 41.9 Å². The van der Waals surface area contributed by atoms with Crippen LogP contribution >= 0.6 is 11.6 Å². The average Bonchev–Trinajstić information content (AvgIpc) is 2.61. The summed E-state index contributed by atoms with van der Waals surface area (Å²) in [6, 6.07) is 14.0. The Morgan fingerprint density at radius 1 is 1.20 bits per heavy atom. The number of benzene rings is 2. The number of piperidine rings is 1. The summed E-state index contributed by atoms with van der Waals surface area (Å²) in [5, 5.41) is 3.92. The molecule has 4 heteroatoms. The molecule has 2 aromatic carbocycles. The lowest BCUT2D eigenvalue weighted by molar-refractivity contribution is -0.121. The number of amides is 1. The fourth-order valence-electron chi connectivity index (χ4n) is 3.40. The maximum atomic E-state index is 12.7. The number of halogens is 1. The molecule has 1 unspecified atom stereocenters. The van der Waals surface area contributed by atoms with Crippen LogP contribution in [0.15, 0.2) is 42.5 Å². The molecular formula is C21H25ClN2O. The fraction of sp³-hybridized carbons (Fsp3) is 0.381. The van der Waals surface area contributed by atoms with E-state index in [0.29, 0.717) is 0 Å². The van der Waals surface area contributed by atoms with Gasteiger partial charge in [0.25, 0.3) is 0 Å². The van der Waals surface area contributed by atoms with Crippen LogP contribution in [0.3, 0.4) is 0 Å². The number of carbonyl (C=O) groups is 1. The molecule has 3 nitrogen and oxygen atoms in total. The number of hydrogen-bond acceptors (Lipinski definition) is 2. The molecule has 1 aliphatic heterocycles. The van der Waals surface area contributed by atoms with E-state index in [1.165, 1.54) is 5.56 Å². The highest BCUT2D eigenvalue weighted by Crippen LogP contribution is 2.24. The Morgan fingerprint density at radius 2 is 2.00 bits per heavy atom. The van der Waals surface area contributed by atoms with Gasteiger partial charge in [-0.3, -0.25) is 9.69 Å². The Balaban J connectivity index is 1.63. The van der Waals surface area contributed by atoms with E-state index >= 15 is 0 Å². The Hall–Kier alpha value is -1.84. The smallest absolute Gasteiger partial charge is 0.228 e. The van der Waals surface area contributed by atoms with Gasteiger partial charge >= 0.3 is 0 Å². The number of nitrogens with one attached hydrogen (secondary N) is 1. The van der Waals surface area contributed by atoms with Crippen molar-refractivity contribution >= 4 is 23.2 Å². The van der Waals surface area contributed by atoms with Crippen molar-refractivity contribution in [3.63, 3.8) is 0 Å². The van der Waals surface area contributed by atoms with E-state index in [-0.39, 0.29) is 11.8 Å². The number of anilines is 1. The highest BCUT2D eigenvalue weighted by molar-refractivity contribution is 6.31. The number of hydrogen-bond donors (Lipinski definition) is 1. The molecule has 1 aliphatic rings. The van der Waals surface area contributed by atoms with Crippen LogP contribution < -0.4 is 5.32 Å². The first-order valence-electron chi connectivity index (χ1n) is 8.87. The van der Waals surface area contributed by atoms with Gasteiger partial charge in [0.2, 0.25) is 5.91 Å². The topological polar surface area (TPSA) is 32.3 Å². The summed E-state index contributed by atoms with van der Waals surface area (Å²) in [6.07, 6.45) is 1.98. The van der Waals surface area contributed by atoms with Gasteiger partial charge in [-0.2, -0.15) is 0 Å². The third kappa shape index (κ3) is 4.42. The molecule has 0 aromatic heterocycles. The second-order valence-electron chi connectivity index (χ2n) is 6.90. The molecule has 1 atom stereocenters. The van der Waals surface area contributed by atoms with Crippen LogP contribution in [0.25, 0.3) is 0 Å². The van der Waals surface area contributed by atoms with Crippen molar-refractivity contribution < 1.29 is 4.79 Å². The maximum absolute atomic E-state index is 12.7. The maximum Gasteiger partial charge on any atom is 0.228 e. The monoisotopic (exact) mass is 356 g/mol. The van der Waals surface area contributed by atoms with Crippen molar-refractivity contribution in [1.29, 1.82) is 0 Å². The van der Waals surface area contributed by atoms with Gasteiger partial charge in [0.1, 0.15) is 0 Å². The van der Waals surface area contributed by atoms with E-state index in [0.717, 1.165) is 54.3 Å². The second kappa shape index (κ2) is 8.03. The van der Waals surface area contributed by atoms with Crippen molar-refractivity contribution in [2.75, 3.05) is 18.4 Å². The van der Waals surface area contributed by atoms with Crippen LogP contribution in [-0.2, 0) is 11.3 Å². The van der Waals surface area contributed by atoms with E-state index in [1.54, 1.807) is 0 Å². The Morgan fingerprint density at radius 3 is 2.80 bits per heavy atom. The Kier molecular flexibility index (Phi) is 5.77. The minimum Gasteiger partial charge on any atom is -0.326 e. The van der Waals surface area contributed by atoms with E-state index in [9.17, 15) is 4.79 Å². The molecule has 1 saturated heterocycles. The number of likely N-dealkylation sites (tertiary alicyclic amines) is 1. The van der Waals surface area contributed by atoms with Crippen molar-refractivity contribution in [1.82, 2.24) is 4.90 Å². The third-order valence-corrected chi connectivity index (χ3v) is 5.46. The quantitative estimate of drug-likeness (QED) is 0.852. The second-order valence-corrected chi connectivity index (χ2v) is 7.31. The normalized spacial score (nSPS) is 18.1. The molecule has 25 heavy (non-hydrogen) atoms. The van der Waals surface area contributed by atoms with Gasteiger partial charge in [0.15, 0.2) is 0 Å². The summed E-state index contributed by atoms with van der Waals surface area (Å²) in [6.45, 7) is 6.71. The zero-order valence-electron chi connectivity index (χ0n) is 14.9. The Bertz CT molecular complexity index is 759. The molecule has 1 N–H and O–H groups in total. The minimum absolute atomic E-state index is 0.0242. The van der Waals surface area contributed by atoms with E-state index in [1.807, 2.05) is 30.3 Å². The van der Waals surface area contributed by atoms with Gasteiger partial charge < -0.3 is 5.32 Å². The van der Waals surface area contributed by atoms with Crippen LogP contribution in [0.2, 0.25) is 5.02 Å². The number of carbonyl (C=O) groups excluding carboxylic acids is 1. The van der Waals surface area contributed by atoms with E-state index in [4.69, 9.17) is 11.6 Å². The van der Waals surface area contributed by atoms with Crippen LogP contribution in [-0.4, -0.2) is 23.9 Å². The molecule has 0 aliphatic carbocycles. The highest BCUT2D eigenvalue weighted by Gasteiger charge is 2.26. The number of rotatable bonds is 4. The summed E-state index contributed by atoms with van der Waals surface area (Å²) in [7, 11) is 0. The summed E-state index contributed by atoms with van der Waals surface area (Å²) in [4.78, 5) is 15.1.